The number of sulfone groups is 1. The molecule has 7 nitrogen and oxygen atoms in total. The molecule has 0 aromatic carbocycles. The van der Waals surface area contributed by atoms with E-state index in [1.807, 2.05) is 0 Å². The van der Waals surface area contributed by atoms with Crippen LogP contribution in [0, 0.1) is 5.92 Å². The number of nitrogens with one attached hydrogen (secondary N) is 2. The molecule has 19 heavy (non-hydrogen) atoms. The fourth-order valence-electron chi connectivity index (χ4n) is 2.07. The predicted molar refractivity (Wildman–Crippen MR) is 71.1 cm³/mol. The molecule has 0 bridgehead atoms. The molecule has 8 heteroatoms. The van der Waals surface area contributed by atoms with Crippen LogP contribution in [-0.4, -0.2) is 37.4 Å². The molecule has 1 aromatic rings. The largest absolute Gasteiger partial charge is 0.352 e. The molecule has 4 N–H and O–H groups in total. The maximum absolute atomic E-state index is 11.9. The highest BCUT2D eigenvalue weighted by atomic mass is 32.2. The van der Waals surface area contributed by atoms with Gasteiger partial charge in [-0.2, -0.15) is 0 Å². The van der Waals surface area contributed by atoms with Gasteiger partial charge in [-0.3, -0.25) is 4.79 Å². The predicted octanol–water partition coefficient (Wildman–Crippen LogP) is -0.468. The van der Waals surface area contributed by atoms with Crippen molar-refractivity contribution in [1.82, 2.24) is 10.3 Å². The molecule has 1 aliphatic rings. The van der Waals surface area contributed by atoms with Crippen LogP contribution in [0.5, 0.6) is 0 Å². The summed E-state index contributed by atoms with van der Waals surface area (Å²) in [6.45, 7) is 0.344. The Kier molecular flexibility index (Phi) is 4.01. The summed E-state index contributed by atoms with van der Waals surface area (Å²) in [5.74, 6) is 5.58. The summed E-state index contributed by atoms with van der Waals surface area (Å²) < 4.78 is 22.6. The Bertz CT molecular complexity index is 573. The molecular weight excluding hydrogens is 268 g/mol. The minimum atomic E-state index is -2.92. The minimum absolute atomic E-state index is 0.0140. The molecule has 2 heterocycles. The first kappa shape index (κ1) is 13.8. The molecule has 1 aromatic heterocycles. The van der Waals surface area contributed by atoms with E-state index in [9.17, 15) is 13.2 Å². The molecule has 104 valence electrons. The Morgan fingerprint density at radius 1 is 1.53 bits per heavy atom. The van der Waals surface area contributed by atoms with Crippen molar-refractivity contribution in [3.05, 3.63) is 23.9 Å². The van der Waals surface area contributed by atoms with Crippen molar-refractivity contribution in [3.63, 3.8) is 0 Å². The fourth-order valence-corrected chi connectivity index (χ4v) is 3.93. The zero-order chi connectivity index (χ0) is 13.9. The van der Waals surface area contributed by atoms with Crippen LogP contribution in [0.15, 0.2) is 18.3 Å². The van der Waals surface area contributed by atoms with Crippen LogP contribution in [0.4, 0.5) is 5.82 Å². The Morgan fingerprint density at radius 2 is 2.32 bits per heavy atom. The first-order chi connectivity index (χ1) is 9.02. The lowest BCUT2D eigenvalue weighted by atomic mass is 10.1. The number of aromatic nitrogens is 1. The molecule has 0 aliphatic carbocycles. The number of pyridine rings is 1. The van der Waals surface area contributed by atoms with Crippen LogP contribution >= 0.6 is 0 Å². The number of carbonyl (C=O) groups is 1. The molecule has 1 aliphatic heterocycles. The van der Waals surface area contributed by atoms with Gasteiger partial charge >= 0.3 is 0 Å². The van der Waals surface area contributed by atoms with E-state index >= 15 is 0 Å². The second-order valence-electron chi connectivity index (χ2n) is 4.52. The highest BCUT2D eigenvalue weighted by Crippen LogP contribution is 2.17. The quantitative estimate of drug-likeness (QED) is 0.509. The van der Waals surface area contributed by atoms with Gasteiger partial charge in [0.25, 0.3) is 5.91 Å². The van der Waals surface area contributed by atoms with E-state index in [0.29, 0.717) is 24.3 Å². The Morgan fingerprint density at radius 3 is 2.95 bits per heavy atom. The van der Waals surface area contributed by atoms with Gasteiger partial charge in [-0.1, -0.05) is 0 Å². The maximum atomic E-state index is 11.9. The van der Waals surface area contributed by atoms with Crippen molar-refractivity contribution in [2.24, 2.45) is 11.8 Å². The number of hydrazine groups is 1. The smallest absolute Gasteiger partial charge is 0.255 e. The average molecular weight is 284 g/mol. The van der Waals surface area contributed by atoms with Crippen LogP contribution in [0.1, 0.15) is 16.8 Å². The number of anilines is 1. The summed E-state index contributed by atoms with van der Waals surface area (Å²) in [4.78, 5) is 15.9. The number of nitrogen functional groups attached to an aromatic ring is 1. The molecule has 1 saturated heterocycles. The van der Waals surface area contributed by atoms with Gasteiger partial charge in [0.05, 0.1) is 17.1 Å². The molecule has 1 unspecified atom stereocenters. The summed E-state index contributed by atoms with van der Waals surface area (Å²) in [6.07, 6.45) is 2.12. The fraction of sp³-hybridized carbons (Fsp3) is 0.455. The van der Waals surface area contributed by atoms with E-state index in [1.165, 1.54) is 6.20 Å². The average Bonchev–Trinajstić information content (AvgIpc) is 2.75. The number of nitrogens with zero attached hydrogens (tertiary/aromatic N) is 1. The van der Waals surface area contributed by atoms with Crippen molar-refractivity contribution in [3.8, 4) is 0 Å². The van der Waals surface area contributed by atoms with Crippen LogP contribution in [0.3, 0.4) is 0 Å². The van der Waals surface area contributed by atoms with Gasteiger partial charge < -0.3 is 10.7 Å². The lowest BCUT2D eigenvalue weighted by Crippen LogP contribution is -2.31. The second kappa shape index (κ2) is 5.54. The molecule has 1 fully saturated rings. The molecule has 0 spiro atoms. The van der Waals surface area contributed by atoms with Crippen LogP contribution in [-0.2, 0) is 9.84 Å². The van der Waals surface area contributed by atoms with E-state index in [-0.39, 0.29) is 23.3 Å². The lowest BCUT2D eigenvalue weighted by molar-refractivity contribution is 0.0949. The third-order valence-corrected chi connectivity index (χ3v) is 4.90. The molecule has 1 atom stereocenters. The molecule has 2 rings (SSSR count). The second-order valence-corrected chi connectivity index (χ2v) is 6.75. The van der Waals surface area contributed by atoms with E-state index in [0.717, 1.165) is 0 Å². The van der Waals surface area contributed by atoms with Crippen molar-refractivity contribution in [2.45, 2.75) is 6.42 Å². The standard InChI is InChI=1S/C11H16N4O3S/c12-15-10-9(2-1-4-13-10)11(16)14-6-8-3-5-19(17,18)7-8/h1-2,4,8H,3,5-7,12H2,(H,13,15)(H,14,16). The van der Waals surface area contributed by atoms with Gasteiger partial charge in [-0.25, -0.2) is 19.2 Å². The van der Waals surface area contributed by atoms with E-state index in [2.05, 4.69) is 15.7 Å². The Hall–Kier alpha value is -1.67. The van der Waals surface area contributed by atoms with Gasteiger partial charge in [-0.15, -0.1) is 0 Å². The van der Waals surface area contributed by atoms with E-state index < -0.39 is 9.84 Å². The number of nitrogens with two attached hydrogens (primary N) is 1. The van der Waals surface area contributed by atoms with Crippen molar-refractivity contribution >= 4 is 21.6 Å². The summed E-state index contributed by atoms with van der Waals surface area (Å²) in [5, 5.41) is 2.71. The summed E-state index contributed by atoms with van der Waals surface area (Å²) in [7, 11) is -2.92. The van der Waals surface area contributed by atoms with Gasteiger partial charge in [0.2, 0.25) is 0 Å². The number of hydrogen-bond acceptors (Lipinski definition) is 6. The van der Waals surface area contributed by atoms with Gasteiger partial charge in [0.1, 0.15) is 0 Å². The van der Waals surface area contributed by atoms with Gasteiger partial charge in [0, 0.05) is 12.7 Å². The molecule has 1 amide bonds. The third kappa shape index (κ3) is 3.42. The minimum Gasteiger partial charge on any atom is -0.352 e. The SMILES string of the molecule is NNc1ncccc1C(=O)NCC1CCS(=O)(=O)C1. The lowest BCUT2D eigenvalue weighted by Gasteiger charge is -2.11. The van der Waals surface area contributed by atoms with Crippen LogP contribution in [0.2, 0.25) is 0 Å². The third-order valence-electron chi connectivity index (χ3n) is 3.07. The van der Waals surface area contributed by atoms with Crippen molar-refractivity contribution < 1.29 is 13.2 Å². The highest BCUT2D eigenvalue weighted by molar-refractivity contribution is 7.91. The summed E-state index contributed by atoms with van der Waals surface area (Å²) in [5.41, 5.74) is 2.69. The monoisotopic (exact) mass is 284 g/mol. The topological polar surface area (TPSA) is 114 Å². The Labute approximate surface area is 111 Å². The zero-order valence-electron chi connectivity index (χ0n) is 10.3. The molecule has 0 saturated carbocycles. The first-order valence-electron chi connectivity index (χ1n) is 5.92. The van der Waals surface area contributed by atoms with Crippen LogP contribution in [0.25, 0.3) is 0 Å². The van der Waals surface area contributed by atoms with E-state index in [4.69, 9.17) is 5.84 Å². The summed E-state index contributed by atoms with van der Waals surface area (Å²) >= 11 is 0. The van der Waals surface area contributed by atoms with Crippen molar-refractivity contribution in [2.75, 3.05) is 23.5 Å². The maximum Gasteiger partial charge on any atom is 0.255 e. The summed E-state index contributed by atoms with van der Waals surface area (Å²) in [6, 6.07) is 3.23. The number of hydrogen-bond donors (Lipinski definition) is 3. The van der Waals surface area contributed by atoms with Gasteiger partial charge in [0.15, 0.2) is 15.7 Å². The Balaban J connectivity index is 1.95. The van der Waals surface area contributed by atoms with Crippen LogP contribution < -0.4 is 16.6 Å². The highest BCUT2D eigenvalue weighted by Gasteiger charge is 2.28. The number of rotatable bonds is 4. The van der Waals surface area contributed by atoms with E-state index in [1.54, 1.807) is 12.1 Å². The molecular formula is C11H16N4O3S. The normalized spacial score (nSPS) is 21.0. The number of amides is 1. The zero-order valence-corrected chi connectivity index (χ0v) is 11.1. The first-order valence-corrected chi connectivity index (χ1v) is 7.74. The molecule has 0 radical (unpaired) electrons. The van der Waals surface area contributed by atoms with Gasteiger partial charge in [-0.05, 0) is 24.5 Å². The number of carbonyl (C=O) groups excluding carboxylic acids is 1. The van der Waals surface area contributed by atoms with Crippen molar-refractivity contribution in [1.29, 1.82) is 0 Å².